The van der Waals surface area contributed by atoms with Crippen LogP contribution in [0.1, 0.15) is 0 Å². The first-order valence-electron chi connectivity index (χ1n) is 5.01. The van der Waals surface area contributed by atoms with E-state index in [2.05, 4.69) is 5.43 Å². The van der Waals surface area contributed by atoms with Crippen LogP contribution in [0.2, 0.25) is 0 Å². The van der Waals surface area contributed by atoms with Crippen LogP contribution in [-0.2, 0) is 0 Å². The van der Waals surface area contributed by atoms with Gasteiger partial charge >= 0.3 is 0 Å². The molecule has 0 unspecified atom stereocenters. The van der Waals surface area contributed by atoms with Gasteiger partial charge in [-0.2, -0.15) is 0 Å². The van der Waals surface area contributed by atoms with Crippen molar-refractivity contribution in [1.29, 1.82) is 0 Å². The third-order valence-corrected chi connectivity index (χ3v) is 2.14. The molecule has 17 heavy (non-hydrogen) atoms. The van der Waals surface area contributed by atoms with Crippen LogP contribution in [0.15, 0.2) is 60.7 Å². The predicted molar refractivity (Wildman–Crippen MR) is 73.2 cm³/mol. The second kappa shape index (κ2) is 7.51. The molecule has 0 fully saturated rings. The molecule has 2 aromatic rings. The summed E-state index contributed by atoms with van der Waals surface area (Å²) in [5.74, 6) is 10.3. The lowest BCUT2D eigenvalue weighted by Crippen LogP contribution is -2.17. The van der Waals surface area contributed by atoms with Crippen molar-refractivity contribution in [2.45, 2.75) is 0 Å². The molecule has 5 heteroatoms. The maximum atomic E-state index is 5.41. The minimum Gasteiger partial charge on any atom is -0.324 e. The molecule has 0 spiro atoms. The molecule has 0 atom stereocenters. The van der Waals surface area contributed by atoms with E-state index >= 15 is 0 Å². The normalized spacial score (nSPS) is 8.88. The highest BCUT2D eigenvalue weighted by molar-refractivity contribution is 6.24. The zero-order valence-corrected chi connectivity index (χ0v) is 10.0. The molecule has 0 saturated carbocycles. The molecule has 4 nitrogen and oxygen atoms in total. The first-order valence-corrected chi connectivity index (χ1v) is 5.35. The summed E-state index contributed by atoms with van der Waals surface area (Å²) in [4.78, 5) is 0. The quantitative estimate of drug-likeness (QED) is 0.435. The second-order valence-electron chi connectivity index (χ2n) is 3.16. The number of anilines is 2. The van der Waals surface area contributed by atoms with Crippen molar-refractivity contribution in [3.05, 3.63) is 60.7 Å². The van der Waals surface area contributed by atoms with E-state index in [-0.39, 0.29) is 0 Å². The number of halogens is 1. The Morgan fingerprint density at radius 2 is 1.35 bits per heavy atom. The summed E-state index contributed by atoms with van der Waals surface area (Å²) in [5, 5.41) is 0. The monoisotopic (exact) mass is 250 g/mol. The number of rotatable bonds is 2. The van der Waals surface area contributed by atoms with Gasteiger partial charge in [-0.3, -0.25) is 5.84 Å². The Kier molecular flexibility index (Phi) is 5.88. The summed E-state index contributed by atoms with van der Waals surface area (Å²) in [6.45, 7) is 0. The Balaban J connectivity index is 0.000000171. The number of benzene rings is 2. The van der Waals surface area contributed by atoms with Gasteiger partial charge in [-0.1, -0.05) is 36.4 Å². The van der Waals surface area contributed by atoms with E-state index in [1.807, 2.05) is 60.7 Å². The predicted octanol–water partition coefficient (Wildman–Crippen LogP) is 2.49. The lowest BCUT2D eigenvalue weighted by atomic mass is 10.3. The molecule has 2 rings (SSSR count). The first-order chi connectivity index (χ1) is 8.24. The van der Waals surface area contributed by atoms with Gasteiger partial charge in [-0.05, 0) is 24.3 Å². The number of nitrogens with two attached hydrogens (primary N) is 2. The maximum absolute atomic E-state index is 5.41. The number of nitrogens with one attached hydrogen (secondary N) is 1. The van der Waals surface area contributed by atoms with E-state index in [0.29, 0.717) is 0 Å². The molecular weight excluding hydrogens is 236 g/mol. The van der Waals surface area contributed by atoms with Gasteiger partial charge < -0.3 is 5.43 Å². The summed E-state index contributed by atoms with van der Waals surface area (Å²) in [7, 11) is 0. The molecule has 0 aliphatic heterocycles. The topological polar surface area (TPSA) is 67.3 Å². The summed E-state index contributed by atoms with van der Waals surface area (Å²) < 4.78 is 1.06. The van der Waals surface area contributed by atoms with Crippen molar-refractivity contribution < 1.29 is 0 Å². The third kappa shape index (κ3) is 5.21. The number of nitrogens with zero attached hydrogens (tertiary/aromatic N) is 1. The Labute approximate surface area is 106 Å². The molecule has 2 aromatic carbocycles. The minimum absolute atomic E-state index is 0.791. The molecule has 0 heterocycles. The highest BCUT2D eigenvalue weighted by atomic mass is 35.5. The van der Waals surface area contributed by atoms with Gasteiger partial charge in [0, 0.05) is 17.5 Å². The largest absolute Gasteiger partial charge is 0.324 e. The summed E-state index contributed by atoms with van der Waals surface area (Å²) in [6.07, 6.45) is 0. The Morgan fingerprint density at radius 1 is 0.882 bits per heavy atom. The van der Waals surface area contributed by atoms with Gasteiger partial charge in [0.05, 0.1) is 5.69 Å². The smallest absolute Gasteiger partial charge is 0.0703 e. The molecule has 0 aliphatic rings. The third-order valence-electron chi connectivity index (χ3n) is 1.94. The fourth-order valence-corrected chi connectivity index (χ4v) is 1.22. The molecular formula is C12H15ClN4. The maximum Gasteiger partial charge on any atom is 0.0703 e. The van der Waals surface area contributed by atoms with Crippen LogP contribution in [0.3, 0.4) is 0 Å². The van der Waals surface area contributed by atoms with Crippen LogP contribution >= 0.6 is 11.8 Å². The van der Waals surface area contributed by atoms with Crippen molar-refractivity contribution >= 4 is 23.2 Å². The van der Waals surface area contributed by atoms with Crippen molar-refractivity contribution in [3.63, 3.8) is 0 Å². The first kappa shape index (κ1) is 13.3. The standard InChI is InChI=1S/C6H7ClN2.C6H8N2/c7-9(8)6-4-2-1-3-5-6;7-8-6-4-2-1-3-5-6/h1-5H,8H2;1-5,8H,7H2. The molecule has 0 saturated heterocycles. The average molecular weight is 251 g/mol. The van der Waals surface area contributed by atoms with Crippen LogP contribution in [0.25, 0.3) is 0 Å². The molecule has 0 amide bonds. The number of hydrazine groups is 2. The zero-order valence-electron chi connectivity index (χ0n) is 9.25. The van der Waals surface area contributed by atoms with E-state index in [9.17, 15) is 0 Å². The lowest BCUT2D eigenvalue weighted by molar-refractivity contribution is 1.19. The van der Waals surface area contributed by atoms with Crippen molar-refractivity contribution in [2.24, 2.45) is 11.7 Å². The van der Waals surface area contributed by atoms with Gasteiger partial charge in [-0.15, -0.1) is 0 Å². The zero-order chi connectivity index (χ0) is 12.5. The molecule has 0 bridgehead atoms. The molecule has 0 aliphatic carbocycles. The number of nitrogen functional groups attached to an aromatic ring is 1. The number of hydrogen-bond donors (Lipinski definition) is 3. The lowest BCUT2D eigenvalue weighted by Gasteiger charge is -2.05. The van der Waals surface area contributed by atoms with Crippen LogP contribution in [0.4, 0.5) is 11.4 Å². The van der Waals surface area contributed by atoms with E-state index < -0.39 is 0 Å². The minimum atomic E-state index is 0.791. The summed E-state index contributed by atoms with van der Waals surface area (Å²) in [6, 6.07) is 18.9. The van der Waals surface area contributed by atoms with Crippen LogP contribution in [-0.4, -0.2) is 0 Å². The fraction of sp³-hybridized carbons (Fsp3) is 0. The number of para-hydroxylation sites is 2. The average Bonchev–Trinajstić information content (AvgIpc) is 2.41. The number of hydrogen-bond acceptors (Lipinski definition) is 4. The van der Waals surface area contributed by atoms with Crippen molar-refractivity contribution in [2.75, 3.05) is 9.95 Å². The van der Waals surface area contributed by atoms with Gasteiger partial charge in [0.25, 0.3) is 0 Å². The van der Waals surface area contributed by atoms with Crippen molar-refractivity contribution in [3.8, 4) is 0 Å². The summed E-state index contributed by atoms with van der Waals surface area (Å²) in [5.41, 5.74) is 4.26. The molecule has 0 radical (unpaired) electrons. The van der Waals surface area contributed by atoms with Crippen molar-refractivity contribution in [1.82, 2.24) is 0 Å². The molecule has 5 N–H and O–H groups in total. The van der Waals surface area contributed by atoms with Gasteiger partial charge in [0.2, 0.25) is 0 Å². The van der Waals surface area contributed by atoms with Crippen LogP contribution in [0, 0.1) is 0 Å². The Bertz CT molecular complexity index is 405. The van der Waals surface area contributed by atoms with E-state index in [1.165, 1.54) is 0 Å². The van der Waals surface area contributed by atoms with Crippen LogP contribution in [0.5, 0.6) is 0 Å². The fourth-order valence-electron chi connectivity index (χ4n) is 1.10. The van der Waals surface area contributed by atoms with Crippen LogP contribution < -0.4 is 21.6 Å². The van der Waals surface area contributed by atoms with E-state index in [1.54, 1.807) is 0 Å². The Morgan fingerprint density at radius 3 is 1.65 bits per heavy atom. The summed E-state index contributed by atoms with van der Waals surface area (Å²) >= 11 is 5.41. The van der Waals surface area contributed by atoms with E-state index in [4.69, 9.17) is 23.5 Å². The molecule has 90 valence electrons. The molecule has 0 aromatic heterocycles. The van der Waals surface area contributed by atoms with Gasteiger partial charge in [0.1, 0.15) is 0 Å². The second-order valence-corrected chi connectivity index (χ2v) is 3.52. The SMILES string of the molecule is NN(Cl)c1ccccc1.NNc1ccccc1. The van der Waals surface area contributed by atoms with E-state index in [0.717, 1.165) is 15.9 Å². The highest BCUT2D eigenvalue weighted by Gasteiger charge is 1.91. The Hall–Kier alpha value is -1.75. The van der Waals surface area contributed by atoms with Gasteiger partial charge in [-0.25, -0.2) is 10.4 Å². The van der Waals surface area contributed by atoms with Gasteiger partial charge in [0.15, 0.2) is 0 Å². The highest BCUT2D eigenvalue weighted by Crippen LogP contribution is 2.09.